The molecule has 146 valence electrons. The highest BCUT2D eigenvalue weighted by Crippen LogP contribution is 2.22. The minimum Gasteiger partial charge on any atom is -0.354 e. The molecule has 2 aromatic rings. The second-order valence-electron chi connectivity index (χ2n) is 7.55. The largest absolute Gasteiger partial charge is 0.354 e. The predicted molar refractivity (Wildman–Crippen MR) is 109 cm³/mol. The fraction of sp³-hybridized carbons (Fsp3) is 0.500. The molecule has 1 saturated heterocycles. The molecule has 0 radical (unpaired) electrons. The van der Waals surface area contributed by atoms with Gasteiger partial charge >= 0.3 is 0 Å². The maximum Gasteiger partial charge on any atom is 0.222 e. The van der Waals surface area contributed by atoms with Crippen molar-refractivity contribution in [2.24, 2.45) is 5.92 Å². The molecule has 0 atom stereocenters. The number of benzene rings is 1. The van der Waals surface area contributed by atoms with E-state index in [1.54, 1.807) is 36.7 Å². The number of anilines is 1. The van der Waals surface area contributed by atoms with Gasteiger partial charge < -0.3 is 10.2 Å². The van der Waals surface area contributed by atoms with E-state index in [1.165, 1.54) is 19.1 Å². The molecule has 1 aromatic heterocycles. The summed E-state index contributed by atoms with van der Waals surface area (Å²) in [5.74, 6) is 1.30. The highest BCUT2D eigenvalue weighted by Gasteiger charge is 2.20. The Balaban J connectivity index is 1.55. The molecule has 3 rings (SSSR count). The minimum atomic E-state index is -3.18. The number of hydrogen-bond acceptors (Lipinski definition) is 6. The molecular formula is C20H28N4O2S. The Labute approximate surface area is 162 Å². The summed E-state index contributed by atoms with van der Waals surface area (Å²) in [5, 5.41) is 3.35. The third-order valence-electron chi connectivity index (χ3n) is 5.20. The molecule has 0 aliphatic carbocycles. The van der Waals surface area contributed by atoms with Crippen molar-refractivity contribution in [2.45, 2.75) is 37.6 Å². The van der Waals surface area contributed by atoms with Crippen LogP contribution in [-0.4, -0.2) is 55.2 Å². The number of likely N-dealkylation sites (tertiary alicyclic amines) is 1. The van der Waals surface area contributed by atoms with Crippen molar-refractivity contribution in [3.63, 3.8) is 0 Å². The zero-order chi connectivity index (χ0) is 19.4. The lowest BCUT2D eigenvalue weighted by Gasteiger charge is -2.34. The van der Waals surface area contributed by atoms with Crippen LogP contribution in [0.5, 0.6) is 0 Å². The molecule has 0 amide bonds. The average Bonchev–Trinajstić information content (AvgIpc) is 2.66. The van der Waals surface area contributed by atoms with Gasteiger partial charge in [0.1, 0.15) is 0 Å². The lowest BCUT2D eigenvalue weighted by Crippen LogP contribution is -2.39. The van der Waals surface area contributed by atoms with E-state index in [4.69, 9.17) is 0 Å². The number of nitrogens with one attached hydrogen (secondary N) is 1. The van der Waals surface area contributed by atoms with Crippen LogP contribution < -0.4 is 5.32 Å². The fourth-order valence-electron chi connectivity index (χ4n) is 3.37. The van der Waals surface area contributed by atoms with Gasteiger partial charge in [-0.05, 0) is 63.4 Å². The maximum absolute atomic E-state index is 11.5. The van der Waals surface area contributed by atoms with Gasteiger partial charge in [0, 0.05) is 36.8 Å². The van der Waals surface area contributed by atoms with E-state index in [2.05, 4.69) is 34.0 Å². The van der Waals surface area contributed by atoms with Crippen LogP contribution in [-0.2, 0) is 9.84 Å². The Morgan fingerprint density at radius 3 is 2.19 bits per heavy atom. The molecule has 2 heterocycles. The van der Waals surface area contributed by atoms with Crippen LogP contribution in [0.1, 0.15) is 26.7 Å². The summed E-state index contributed by atoms with van der Waals surface area (Å²) in [4.78, 5) is 11.6. The first kappa shape index (κ1) is 19.8. The summed E-state index contributed by atoms with van der Waals surface area (Å²) >= 11 is 0. The SMILES string of the molecule is CC(C)N1CCC(CNc2ncc(-c3ccc(S(C)(=O)=O)cc3)cn2)CC1. The highest BCUT2D eigenvalue weighted by atomic mass is 32.2. The van der Waals surface area contributed by atoms with E-state index in [1.807, 2.05) is 0 Å². The average molecular weight is 389 g/mol. The van der Waals surface area contributed by atoms with E-state index in [0.29, 0.717) is 22.8 Å². The van der Waals surface area contributed by atoms with Crippen molar-refractivity contribution < 1.29 is 8.42 Å². The van der Waals surface area contributed by atoms with Crippen LogP contribution in [0.4, 0.5) is 5.95 Å². The Bertz CT molecular complexity index is 841. The quantitative estimate of drug-likeness (QED) is 0.820. The van der Waals surface area contributed by atoms with Gasteiger partial charge in [-0.1, -0.05) is 12.1 Å². The number of aromatic nitrogens is 2. The van der Waals surface area contributed by atoms with E-state index < -0.39 is 9.84 Å². The molecule has 27 heavy (non-hydrogen) atoms. The molecule has 1 aliphatic rings. The van der Waals surface area contributed by atoms with Gasteiger partial charge in [-0.3, -0.25) is 0 Å². The summed E-state index contributed by atoms with van der Waals surface area (Å²) in [6.07, 6.45) is 7.16. The minimum absolute atomic E-state index is 0.314. The Kier molecular flexibility index (Phi) is 6.11. The van der Waals surface area contributed by atoms with E-state index in [-0.39, 0.29) is 0 Å². The summed E-state index contributed by atoms with van der Waals surface area (Å²) in [5.41, 5.74) is 1.76. The molecule has 6 nitrogen and oxygen atoms in total. The molecule has 0 bridgehead atoms. The van der Waals surface area contributed by atoms with E-state index in [0.717, 1.165) is 30.8 Å². The second-order valence-corrected chi connectivity index (χ2v) is 9.56. The number of piperidine rings is 1. The molecule has 0 saturated carbocycles. The molecule has 1 fully saturated rings. The second kappa shape index (κ2) is 8.35. The summed E-state index contributed by atoms with van der Waals surface area (Å²) in [6, 6.07) is 7.41. The molecule has 1 aliphatic heterocycles. The molecule has 1 N–H and O–H groups in total. The standard InChI is InChI=1S/C20H28N4O2S/c1-15(2)24-10-8-16(9-11-24)12-21-20-22-13-18(14-23-20)17-4-6-19(7-5-17)27(3,25)26/h4-7,13-16H,8-12H2,1-3H3,(H,21,22,23). The van der Waals surface area contributed by atoms with Crippen LogP contribution >= 0.6 is 0 Å². The maximum atomic E-state index is 11.5. The zero-order valence-corrected chi connectivity index (χ0v) is 17.0. The number of rotatable bonds is 6. The number of hydrogen-bond donors (Lipinski definition) is 1. The van der Waals surface area contributed by atoms with E-state index >= 15 is 0 Å². The topological polar surface area (TPSA) is 75.2 Å². The molecular weight excluding hydrogens is 360 g/mol. The fourth-order valence-corrected chi connectivity index (χ4v) is 4.00. The van der Waals surface area contributed by atoms with Crippen LogP contribution in [0.15, 0.2) is 41.6 Å². The van der Waals surface area contributed by atoms with Crippen LogP contribution in [0.25, 0.3) is 11.1 Å². The summed E-state index contributed by atoms with van der Waals surface area (Å²) in [6.45, 7) is 7.72. The van der Waals surface area contributed by atoms with Gasteiger partial charge in [-0.2, -0.15) is 0 Å². The van der Waals surface area contributed by atoms with Crippen molar-refractivity contribution in [3.8, 4) is 11.1 Å². The van der Waals surface area contributed by atoms with Crippen molar-refractivity contribution in [1.82, 2.24) is 14.9 Å². The smallest absolute Gasteiger partial charge is 0.222 e. The molecule has 1 aromatic carbocycles. The Morgan fingerprint density at radius 2 is 1.67 bits per heavy atom. The van der Waals surface area contributed by atoms with Crippen LogP contribution in [0, 0.1) is 5.92 Å². The van der Waals surface area contributed by atoms with Crippen LogP contribution in [0.3, 0.4) is 0 Å². The first-order valence-electron chi connectivity index (χ1n) is 9.43. The predicted octanol–water partition coefficient (Wildman–Crippen LogP) is 3.08. The Morgan fingerprint density at radius 1 is 1.07 bits per heavy atom. The monoisotopic (exact) mass is 388 g/mol. The number of sulfone groups is 1. The summed E-state index contributed by atoms with van der Waals surface area (Å²) in [7, 11) is -3.18. The molecule has 7 heteroatoms. The van der Waals surface area contributed by atoms with Gasteiger partial charge in [-0.25, -0.2) is 18.4 Å². The van der Waals surface area contributed by atoms with Gasteiger partial charge in [0.25, 0.3) is 0 Å². The third-order valence-corrected chi connectivity index (χ3v) is 6.32. The van der Waals surface area contributed by atoms with Crippen molar-refractivity contribution >= 4 is 15.8 Å². The Hall–Kier alpha value is -1.99. The van der Waals surface area contributed by atoms with Gasteiger partial charge in [0.05, 0.1) is 4.90 Å². The summed E-state index contributed by atoms with van der Waals surface area (Å²) < 4.78 is 23.1. The first-order chi connectivity index (χ1) is 12.8. The third kappa shape index (κ3) is 5.26. The number of nitrogens with zero attached hydrogens (tertiary/aromatic N) is 3. The van der Waals surface area contributed by atoms with E-state index in [9.17, 15) is 8.42 Å². The van der Waals surface area contributed by atoms with Gasteiger partial charge in [-0.15, -0.1) is 0 Å². The van der Waals surface area contributed by atoms with Gasteiger partial charge in [0.2, 0.25) is 5.95 Å². The zero-order valence-electron chi connectivity index (χ0n) is 16.2. The van der Waals surface area contributed by atoms with Crippen molar-refractivity contribution in [3.05, 3.63) is 36.7 Å². The first-order valence-corrected chi connectivity index (χ1v) is 11.3. The molecule has 0 unspecified atom stereocenters. The normalized spacial score (nSPS) is 16.6. The van der Waals surface area contributed by atoms with Gasteiger partial charge in [0.15, 0.2) is 9.84 Å². The lowest BCUT2D eigenvalue weighted by atomic mass is 9.96. The lowest BCUT2D eigenvalue weighted by molar-refractivity contribution is 0.153. The van der Waals surface area contributed by atoms with Crippen molar-refractivity contribution in [1.29, 1.82) is 0 Å². The van der Waals surface area contributed by atoms with Crippen LogP contribution in [0.2, 0.25) is 0 Å². The highest BCUT2D eigenvalue weighted by molar-refractivity contribution is 7.90. The van der Waals surface area contributed by atoms with Crippen molar-refractivity contribution in [2.75, 3.05) is 31.2 Å². The molecule has 0 spiro atoms.